The molecular formula is C27H25NO2. The van der Waals surface area contributed by atoms with Crippen molar-refractivity contribution >= 4 is 27.5 Å². The number of ether oxygens (including phenoxy) is 1. The lowest BCUT2D eigenvalue weighted by atomic mass is 9.80. The number of benzene rings is 4. The first kappa shape index (κ1) is 18.8. The molecule has 5 rings (SSSR count). The molecule has 0 spiro atoms. The predicted octanol–water partition coefficient (Wildman–Crippen LogP) is 5.55. The molecule has 0 saturated carbocycles. The number of hydrogen-bond acceptors (Lipinski definition) is 3. The third-order valence-corrected chi connectivity index (χ3v) is 6.16. The largest absolute Gasteiger partial charge is 0.457 e. The molecule has 0 bridgehead atoms. The summed E-state index contributed by atoms with van der Waals surface area (Å²) < 4.78 is 6.08. The third-order valence-electron chi connectivity index (χ3n) is 6.16. The highest BCUT2D eigenvalue weighted by Gasteiger charge is 2.46. The van der Waals surface area contributed by atoms with E-state index >= 15 is 0 Å². The molecule has 1 aliphatic heterocycles. The normalized spacial score (nSPS) is 21.4. The molecule has 3 heteroatoms. The summed E-state index contributed by atoms with van der Waals surface area (Å²) in [6, 6.07) is 29.5. The lowest BCUT2D eigenvalue weighted by Crippen LogP contribution is -2.28. The Balaban J connectivity index is 1.67. The number of rotatable bonds is 4. The zero-order chi connectivity index (χ0) is 20.7. The summed E-state index contributed by atoms with van der Waals surface area (Å²) in [5.74, 6) is -0.347. The van der Waals surface area contributed by atoms with Crippen molar-refractivity contribution in [1.82, 2.24) is 4.90 Å². The van der Waals surface area contributed by atoms with Crippen LogP contribution in [0.3, 0.4) is 0 Å². The van der Waals surface area contributed by atoms with Crippen LogP contribution in [0.4, 0.5) is 0 Å². The van der Waals surface area contributed by atoms with Crippen LogP contribution in [0.1, 0.15) is 23.1 Å². The van der Waals surface area contributed by atoms with Gasteiger partial charge in [0.25, 0.3) is 0 Å². The minimum atomic E-state index is -0.297. The number of cyclic esters (lactones) is 1. The van der Waals surface area contributed by atoms with Gasteiger partial charge in [0.05, 0.1) is 5.92 Å². The van der Waals surface area contributed by atoms with Gasteiger partial charge in [0.1, 0.15) is 6.10 Å². The molecule has 1 unspecified atom stereocenters. The number of esters is 1. The van der Waals surface area contributed by atoms with Gasteiger partial charge in [-0.3, -0.25) is 4.79 Å². The first-order valence-corrected chi connectivity index (χ1v) is 10.4. The van der Waals surface area contributed by atoms with Gasteiger partial charge in [-0.25, -0.2) is 0 Å². The number of carbonyl (C=O) groups is 1. The maximum atomic E-state index is 13.0. The lowest BCUT2D eigenvalue weighted by Gasteiger charge is -2.25. The van der Waals surface area contributed by atoms with Crippen molar-refractivity contribution < 1.29 is 9.53 Å². The van der Waals surface area contributed by atoms with Crippen LogP contribution in [0, 0.1) is 5.92 Å². The van der Waals surface area contributed by atoms with Crippen molar-refractivity contribution in [2.24, 2.45) is 5.92 Å². The van der Waals surface area contributed by atoms with E-state index in [4.69, 9.17) is 4.74 Å². The molecule has 3 nitrogen and oxygen atoms in total. The number of hydrogen-bond donors (Lipinski definition) is 0. The summed E-state index contributed by atoms with van der Waals surface area (Å²) in [5, 5.41) is 4.71. The van der Waals surface area contributed by atoms with Crippen LogP contribution in [0.15, 0.2) is 84.9 Å². The van der Waals surface area contributed by atoms with Gasteiger partial charge in [-0.2, -0.15) is 0 Å². The van der Waals surface area contributed by atoms with Gasteiger partial charge in [-0.1, -0.05) is 84.9 Å². The van der Waals surface area contributed by atoms with Crippen LogP contribution in [0.5, 0.6) is 0 Å². The molecule has 30 heavy (non-hydrogen) atoms. The van der Waals surface area contributed by atoms with E-state index in [0.717, 1.165) is 16.5 Å². The topological polar surface area (TPSA) is 29.5 Å². The van der Waals surface area contributed by atoms with Crippen LogP contribution >= 0.6 is 0 Å². The van der Waals surface area contributed by atoms with E-state index in [0.29, 0.717) is 6.54 Å². The molecule has 0 aliphatic carbocycles. The second-order valence-electron chi connectivity index (χ2n) is 8.43. The minimum Gasteiger partial charge on any atom is -0.457 e. The lowest BCUT2D eigenvalue weighted by molar-refractivity contribution is -0.144. The SMILES string of the molecule is CN(C)CC1C(=O)O[C@H](c2cccc3ccccc23)[C@@H]1c1ccc2ccccc2c1. The molecular weight excluding hydrogens is 370 g/mol. The quantitative estimate of drug-likeness (QED) is 0.424. The van der Waals surface area contributed by atoms with E-state index in [1.165, 1.54) is 16.2 Å². The van der Waals surface area contributed by atoms with E-state index in [-0.39, 0.29) is 23.9 Å². The van der Waals surface area contributed by atoms with Gasteiger partial charge >= 0.3 is 5.97 Å². The van der Waals surface area contributed by atoms with Crippen LogP contribution in [-0.2, 0) is 9.53 Å². The molecule has 0 radical (unpaired) electrons. The smallest absolute Gasteiger partial charge is 0.311 e. The highest BCUT2D eigenvalue weighted by molar-refractivity contribution is 5.88. The monoisotopic (exact) mass is 395 g/mol. The summed E-state index contributed by atoms with van der Waals surface area (Å²) in [6.45, 7) is 0.664. The van der Waals surface area contributed by atoms with Crippen LogP contribution in [0.2, 0.25) is 0 Å². The Hall–Kier alpha value is -3.17. The molecule has 4 aromatic rings. The van der Waals surface area contributed by atoms with Gasteiger partial charge in [-0.05, 0) is 41.2 Å². The molecule has 3 atom stereocenters. The average Bonchev–Trinajstić information content (AvgIpc) is 3.08. The second kappa shape index (κ2) is 7.58. The van der Waals surface area contributed by atoms with Gasteiger partial charge < -0.3 is 9.64 Å². The molecule has 1 aliphatic rings. The van der Waals surface area contributed by atoms with E-state index in [2.05, 4.69) is 77.7 Å². The first-order valence-electron chi connectivity index (χ1n) is 10.4. The summed E-state index contributed by atoms with van der Waals surface area (Å²) in [4.78, 5) is 15.1. The second-order valence-corrected chi connectivity index (χ2v) is 8.43. The van der Waals surface area contributed by atoms with Gasteiger partial charge in [0.2, 0.25) is 0 Å². The fourth-order valence-corrected chi connectivity index (χ4v) is 4.80. The van der Waals surface area contributed by atoms with E-state index in [9.17, 15) is 4.79 Å². The highest BCUT2D eigenvalue weighted by atomic mass is 16.6. The van der Waals surface area contributed by atoms with Gasteiger partial charge in [0, 0.05) is 18.0 Å². The van der Waals surface area contributed by atoms with Crippen molar-refractivity contribution in [3.8, 4) is 0 Å². The minimum absolute atomic E-state index is 0.0321. The zero-order valence-electron chi connectivity index (χ0n) is 17.3. The van der Waals surface area contributed by atoms with E-state index < -0.39 is 0 Å². The summed E-state index contributed by atoms with van der Waals surface area (Å²) in [6.07, 6.45) is -0.297. The van der Waals surface area contributed by atoms with Gasteiger partial charge in [0.15, 0.2) is 0 Å². The molecule has 1 fully saturated rings. The van der Waals surface area contributed by atoms with Crippen molar-refractivity contribution in [3.63, 3.8) is 0 Å². The van der Waals surface area contributed by atoms with E-state index in [1.807, 2.05) is 26.2 Å². The van der Waals surface area contributed by atoms with Crippen molar-refractivity contribution in [2.75, 3.05) is 20.6 Å². The maximum Gasteiger partial charge on any atom is 0.311 e. The molecule has 0 aromatic heterocycles. The third kappa shape index (κ3) is 3.25. The van der Waals surface area contributed by atoms with Crippen LogP contribution < -0.4 is 0 Å². The molecule has 150 valence electrons. The maximum absolute atomic E-state index is 13.0. The number of nitrogens with zero attached hydrogens (tertiary/aromatic N) is 1. The zero-order valence-corrected chi connectivity index (χ0v) is 17.3. The van der Waals surface area contributed by atoms with Crippen LogP contribution in [-0.4, -0.2) is 31.5 Å². The standard InChI is InChI=1S/C27H25NO2/c1-28(2)17-24-25(21-15-14-18-8-3-4-10-20(18)16-21)26(30-27(24)29)23-13-7-11-19-9-5-6-12-22(19)23/h3-16,24-26H,17H2,1-2H3/t24?,25-,26-/m1/s1. The molecule has 1 saturated heterocycles. The Kier molecular flexibility index (Phi) is 4.76. The van der Waals surface area contributed by atoms with Crippen molar-refractivity contribution in [3.05, 3.63) is 96.1 Å². The molecule has 0 N–H and O–H groups in total. The fraction of sp³-hybridized carbons (Fsp3) is 0.222. The number of fused-ring (bicyclic) bond motifs is 2. The molecule has 0 amide bonds. The van der Waals surface area contributed by atoms with E-state index in [1.54, 1.807) is 0 Å². The van der Waals surface area contributed by atoms with Crippen molar-refractivity contribution in [1.29, 1.82) is 0 Å². The highest BCUT2D eigenvalue weighted by Crippen LogP contribution is 2.48. The fourth-order valence-electron chi connectivity index (χ4n) is 4.80. The van der Waals surface area contributed by atoms with Crippen LogP contribution in [0.25, 0.3) is 21.5 Å². The first-order chi connectivity index (χ1) is 14.6. The Morgan fingerprint density at radius 3 is 2.30 bits per heavy atom. The Morgan fingerprint density at radius 1 is 0.800 bits per heavy atom. The molecule has 4 aromatic carbocycles. The molecule has 1 heterocycles. The summed E-state index contributed by atoms with van der Waals surface area (Å²) >= 11 is 0. The average molecular weight is 396 g/mol. The summed E-state index contributed by atoms with van der Waals surface area (Å²) in [7, 11) is 4.02. The number of carbonyl (C=O) groups excluding carboxylic acids is 1. The summed E-state index contributed by atoms with van der Waals surface area (Å²) in [5.41, 5.74) is 2.24. The Labute approximate surface area is 176 Å². The Morgan fingerprint density at radius 2 is 1.50 bits per heavy atom. The predicted molar refractivity (Wildman–Crippen MR) is 122 cm³/mol. The van der Waals surface area contributed by atoms with Gasteiger partial charge in [-0.15, -0.1) is 0 Å². The Bertz CT molecular complexity index is 1220. The van der Waals surface area contributed by atoms with Crippen molar-refractivity contribution in [2.45, 2.75) is 12.0 Å².